The second kappa shape index (κ2) is 8.07. The summed E-state index contributed by atoms with van der Waals surface area (Å²) < 4.78 is 11.3. The molecule has 0 N–H and O–H groups in total. The first-order valence-corrected chi connectivity index (χ1v) is 11.7. The van der Waals surface area contributed by atoms with Crippen LogP contribution in [0.1, 0.15) is 32.8 Å². The third kappa shape index (κ3) is 5.35. The largest absolute Gasteiger partial charge is 0.446 e. The molecule has 0 saturated carbocycles. The summed E-state index contributed by atoms with van der Waals surface area (Å²) in [5.74, 6) is 3.07. The average Bonchev–Trinajstić information content (AvgIpc) is 2.87. The maximum atomic E-state index is 11.9. The van der Waals surface area contributed by atoms with E-state index < -0.39 is 8.32 Å². The topological polar surface area (TPSA) is 38.8 Å². The molecule has 0 bridgehead atoms. The van der Waals surface area contributed by atoms with Crippen molar-refractivity contribution in [2.75, 3.05) is 13.2 Å². The highest BCUT2D eigenvalue weighted by atomic mass is 28.4. The minimum Gasteiger partial charge on any atom is -0.446 e. The normalized spacial score (nSPS) is 17.9. The molecule has 0 aliphatic carbocycles. The van der Waals surface area contributed by atoms with Gasteiger partial charge in [0.25, 0.3) is 0 Å². The molecular formula is C20H29NO3Si. The van der Waals surface area contributed by atoms with Crippen molar-refractivity contribution < 1.29 is 14.0 Å². The second-order valence-electron chi connectivity index (χ2n) is 7.94. The van der Waals surface area contributed by atoms with E-state index in [0.29, 0.717) is 19.6 Å². The Balaban J connectivity index is 1.88. The van der Waals surface area contributed by atoms with Crippen molar-refractivity contribution in [1.82, 2.24) is 4.90 Å². The van der Waals surface area contributed by atoms with E-state index in [1.165, 1.54) is 10.5 Å². The number of hydrogen-bond donors (Lipinski definition) is 0. The van der Waals surface area contributed by atoms with Crippen LogP contribution in [-0.4, -0.2) is 38.6 Å². The number of carbonyl (C=O) groups excluding carboxylic acids is 1. The van der Waals surface area contributed by atoms with E-state index in [2.05, 4.69) is 58.0 Å². The van der Waals surface area contributed by atoms with Crippen molar-refractivity contribution in [2.45, 2.75) is 57.8 Å². The molecule has 4 nitrogen and oxygen atoms in total. The van der Waals surface area contributed by atoms with Crippen LogP contribution < -0.4 is 0 Å². The Morgan fingerprint density at radius 3 is 2.60 bits per heavy atom. The zero-order valence-electron chi connectivity index (χ0n) is 16.0. The monoisotopic (exact) mass is 359 g/mol. The third-order valence-electron chi connectivity index (χ3n) is 4.97. The fourth-order valence-corrected chi connectivity index (χ4v) is 3.39. The van der Waals surface area contributed by atoms with Gasteiger partial charge in [-0.15, -0.1) is 0 Å². The molecule has 1 fully saturated rings. The molecule has 1 aliphatic rings. The van der Waals surface area contributed by atoms with E-state index in [1.54, 1.807) is 0 Å². The Labute approximate surface area is 152 Å². The number of nitrogens with zero attached hydrogens (tertiary/aromatic N) is 1. The van der Waals surface area contributed by atoms with Gasteiger partial charge in [0.1, 0.15) is 6.61 Å². The molecule has 1 heterocycles. The standard InChI is InChI=1S/C20H29NO3Si/c1-20(2,3)25(4,5)24-14-10-9-13-21-18(16-23-19(21)22)15-17-11-7-6-8-12-17/h6-8,11-12,18H,10,14-16H2,1-5H3/t18-/m0/s1. The first-order valence-electron chi connectivity index (χ1n) is 8.83. The van der Waals surface area contributed by atoms with Gasteiger partial charge in [0.15, 0.2) is 8.32 Å². The van der Waals surface area contributed by atoms with Gasteiger partial charge in [-0.2, -0.15) is 0 Å². The lowest BCUT2D eigenvalue weighted by atomic mass is 10.1. The Morgan fingerprint density at radius 2 is 1.96 bits per heavy atom. The SMILES string of the molecule is CC(C)(C)[Si](C)(C)OCCC#CN1C(=O)OC[C@@H]1Cc1ccccc1. The summed E-state index contributed by atoms with van der Waals surface area (Å²) in [7, 11) is -1.74. The maximum absolute atomic E-state index is 11.9. The number of benzene rings is 1. The summed E-state index contributed by atoms with van der Waals surface area (Å²) in [5, 5.41) is 0.194. The molecule has 25 heavy (non-hydrogen) atoms. The summed E-state index contributed by atoms with van der Waals surface area (Å²) in [6.07, 6.45) is 1.02. The van der Waals surface area contributed by atoms with Crippen LogP contribution in [0, 0.1) is 12.0 Å². The highest BCUT2D eigenvalue weighted by Crippen LogP contribution is 2.36. The van der Waals surface area contributed by atoms with E-state index in [4.69, 9.17) is 9.16 Å². The van der Waals surface area contributed by atoms with Crippen molar-refractivity contribution in [1.29, 1.82) is 0 Å². The van der Waals surface area contributed by atoms with Gasteiger partial charge in [0.2, 0.25) is 0 Å². The molecule has 2 rings (SSSR count). The Bertz CT molecular complexity index is 640. The highest BCUT2D eigenvalue weighted by molar-refractivity contribution is 6.74. The lowest BCUT2D eigenvalue weighted by Gasteiger charge is -2.35. The number of carbonyl (C=O) groups is 1. The van der Waals surface area contributed by atoms with E-state index in [9.17, 15) is 4.79 Å². The molecule has 1 aromatic carbocycles. The summed E-state index contributed by atoms with van der Waals surface area (Å²) in [6, 6.07) is 13.0. The molecule has 1 aliphatic heterocycles. The summed E-state index contributed by atoms with van der Waals surface area (Å²) in [6.45, 7) is 12.1. The number of rotatable bonds is 5. The average molecular weight is 360 g/mol. The van der Waals surface area contributed by atoms with E-state index in [1.807, 2.05) is 18.2 Å². The summed E-state index contributed by atoms with van der Waals surface area (Å²) in [5.41, 5.74) is 1.18. The quantitative estimate of drug-likeness (QED) is 0.444. The van der Waals surface area contributed by atoms with Crippen LogP contribution in [-0.2, 0) is 15.6 Å². The molecule has 1 amide bonds. The Hall–Kier alpha value is -1.77. The number of cyclic esters (lactones) is 1. The Kier molecular flexibility index (Phi) is 6.31. The smallest absolute Gasteiger partial charge is 0.422 e. The molecule has 0 aromatic heterocycles. The number of ether oxygens (including phenoxy) is 1. The minimum atomic E-state index is -1.74. The molecular weight excluding hydrogens is 330 g/mol. The highest BCUT2D eigenvalue weighted by Gasteiger charge is 2.36. The van der Waals surface area contributed by atoms with Gasteiger partial charge in [0.05, 0.1) is 6.04 Å². The van der Waals surface area contributed by atoms with Crippen LogP contribution >= 0.6 is 0 Å². The number of amides is 1. The zero-order valence-corrected chi connectivity index (χ0v) is 17.0. The van der Waals surface area contributed by atoms with Crippen LogP contribution in [0.2, 0.25) is 18.1 Å². The maximum Gasteiger partial charge on any atom is 0.422 e. The lowest BCUT2D eigenvalue weighted by Crippen LogP contribution is -2.40. The lowest BCUT2D eigenvalue weighted by molar-refractivity contribution is 0.167. The van der Waals surface area contributed by atoms with Crippen molar-refractivity contribution >= 4 is 14.4 Å². The molecule has 5 heteroatoms. The fraction of sp³-hybridized carbons (Fsp3) is 0.550. The predicted octanol–water partition coefficient (Wildman–Crippen LogP) is 4.42. The van der Waals surface area contributed by atoms with Crippen LogP contribution in [0.3, 0.4) is 0 Å². The molecule has 0 radical (unpaired) electrons. The van der Waals surface area contributed by atoms with Gasteiger partial charge in [0, 0.05) is 19.1 Å². The molecule has 1 atom stereocenters. The Morgan fingerprint density at radius 1 is 1.28 bits per heavy atom. The van der Waals surface area contributed by atoms with Gasteiger partial charge in [-0.05, 0) is 30.1 Å². The zero-order chi connectivity index (χ0) is 18.5. The van der Waals surface area contributed by atoms with Crippen LogP contribution in [0.25, 0.3) is 0 Å². The van der Waals surface area contributed by atoms with E-state index >= 15 is 0 Å². The molecule has 0 spiro atoms. The van der Waals surface area contributed by atoms with Crippen molar-refractivity contribution in [3.63, 3.8) is 0 Å². The van der Waals surface area contributed by atoms with Gasteiger partial charge in [-0.25, -0.2) is 9.69 Å². The van der Waals surface area contributed by atoms with Crippen LogP contribution in [0.4, 0.5) is 4.79 Å². The third-order valence-corrected chi connectivity index (χ3v) is 9.51. The molecule has 0 unspecified atom stereocenters. The molecule has 1 aromatic rings. The summed E-state index contributed by atoms with van der Waals surface area (Å²) >= 11 is 0. The van der Waals surface area contributed by atoms with Gasteiger partial charge >= 0.3 is 6.09 Å². The minimum absolute atomic E-state index is 0.0243. The van der Waals surface area contributed by atoms with Gasteiger partial charge in [-0.3, -0.25) is 0 Å². The second-order valence-corrected chi connectivity index (χ2v) is 12.7. The van der Waals surface area contributed by atoms with Crippen LogP contribution in [0.15, 0.2) is 30.3 Å². The first kappa shape index (κ1) is 19.6. The molecule has 1 saturated heterocycles. The predicted molar refractivity (Wildman–Crippen MR) is 103 cm³/mol. The summed E-state index contributed by atoms with van der Waals surface area (Å²) in [4.78, 5) is 13.4. The van der Waals surface area contributed by atoms with E-state index in [-0.39, 0.29) is 17.2 Å². The van der Waals surface area contributed by atoms with Crippen LogP contribution in [0.5, 0.6) is 0 Å². The fourth-order valence-electron chi connectivity index (χ4n) is 2.35. The van der Waals surface area contributed by atoms with Gasteiger partial charge in [-0.1, -0.05) is 57.0 Å². The van der Waals surface area contributed by atoms with E-state index in [0.717, 1.165) is 6.42 Å². The number of hydrogen-bond acceptors (Lipinski definition) is 3. The molecule has 136 valence electrons. The van der Waals surface area contributed by atoms with Gasteiger partial charge < -0.3 is 9.16 Å². The van der Waals surface area contributed by atoms with Crippen molar-refractivity contribution in [2.24, 2.45) is 0 Å². The van der Waals surface area contributed by atoms with Crippen molar-refractivity contribution in [3.8, 4) is 12.0 Å². The van der Waals surface area contributed by atoms with Crippen molar-refractivity contribution in [3.05, 3.63) is 35.9 Å². The first-order chi connectivity index (χ1) is 11.7.